The van der Waals surface area contributed by atoms with E-state index in [1.54, 1.807) is 0 Å². The van der Waals surface area contributed by atoms with Crippen LogP contribution in [0, 0.1) is 11.6 Å². The fraction of sp³-hybridized carbons (Fsp3) is 0.464. The minimum atomic E-state index is -1.50. The van der Waals surface area contributed by atoms with Gasteiger partial charge in [0.25, 0.3) is 0 Å². The fourth-order valence-electron chi connectivity index (χ4n) is 4.96. The smallest absolute Gasteiger partial charge is 0.394 e. The molecular weight excluding hydrogens is 496 g/mol. The molecule has 0 aromatic heterocycles. The summed E-state index contributed by atoms with van der Waals surface area (Å²) in [6, 6.07) is 10.2. The molecule has 0 unspecified atom stereocenters. The normalized spacial score (nSPS) is 16.7. The number of carboxylic acid groups (broad SMARTS) is 1. The van der Waals surface area contributed by atoms with Crippen molar-refractivity contribution in [3.63, 3.8) is 0 Å². The van der Waals surface area contributed by atoms with Crippen LogP contribution < -0.4 is 10.6 Å². The molecule has 0 bridgehead atoms. The van der Waals surface area contributed by atoms with Crippen LogP contribution in [0.2, 0.25) is 0 Å². The van der Waals surface area contributed by atoms with Crippen molar-refractivity contribution in [2.24, 2.45) is 0 Å². The first-order valence-corrected chi connectivity index (χ1v) is 12.7. The third kappa shape index (κ3) is 7.35. The number of hydrogen-bond acceptors (Lipinski definition) is 5. The number of benzene rings is 2. The molecule has 0 spiro atoms. The van der Waals surface area contributed by atoms with Crippen LogP contribution in [0.5, 0.6) is 0 Å². The van der Waals surface area contributed by atoms with E-state index in [4.69, 9.17) is 5.11 Å². The van der Waals surface area contributed by atoms with E-state index >= 15 is 0 Å². The summed E-state index contributed by atoms with van der Waals surface area (Å²) in [5, 5.41) is 26.3. The van der Waals surface area contributed by atoms with Gasteiger partial charge in [0.2, 0.25) is 5.91 Å². The van der Waals surface area contributed by atoms with Gasteiger partial charge in [-0.15, -0.1) is 0 Å². The summed E-state index contributed by atoms with van der Waals surface area (Å²) in [7, 11) is 0. The number of likely N-dealkylation sites (tertiary alicyclic amines) is 1. The van der Waals surface area contributed by atoms with E-state index in [1.165, 1.54) is 11.8 Å². The van der Waals surface area contributed by atoms with Gasteiger partial charge >= 0.3 is 11.9 Å². The third-order valence-electron chi connectivity index (χ3n) is 7.07. The highest BCUT2D eigenvalue weighted by Crippen LogP contribution is 2.34. The zero-order valence-electron chi connectivity index (χ0n) is 21.8. The number of nitrogens with zero attached hydrogens (tertiary/aromatic N) is 1. The van der Waals surface area contributed by atoms with Crippen molar-refractivity contribution in [3.8, 4) is 0 Å². The highest BCUT2D eigenvalue weighted by atomic mass is 19.1. The minimum Gasteiger partial charge on any atom is -0.474 e. The van der Waals surface area contributed by atoms with Crippen LogP contribution in [0.1, 0.15) is 56.2 Å². The maximum Gasteiger partial charge on any atom is 0.394 e. The molecule has 0 saturated carbocycles. The molecule has 1 aliphatic rings. The standard InChI is InChI=1S/C28H35F2N3O5/c1-17(2)20-5-4-6-21(14-20)28(7-9-33(10-8-28)26(36)27(37)38)31-16-25(35)24(32-18(3)34)13-19-11-22(29)15-23(30)12-19/h4-6,11-12,14-15,17,24-25,31,35H,7-10,13,16H2,1-3H3,(H,32,34)(H,37,38)/t24-,25+/m0/s1. The average Bonchev–Trinajstić information content (AvgIpc) is 2.86. The number of carbonyl (C=O) groups excluding carboxylic acids is 2. The van der Waals surface area contributed by atoms with Gasteiger partial charge in [0.1, 0.15) is 11.6 Å². The zero-order chi connectivity index (χ0) is 28.0. The summed E-state index contributed by atoms with van der Waals surface area (Å²) in [5.41, 5.74) is 1.67. The first-order chi connectivity index (χ1) is 17.9. The molecular formula is C28H35F2N3O5. The molecule has 1 saturated heterocycles. The molecule has 1 heterocycles. The predicted octanol–water partition coefficient (Wildman–Crippen LogP) is 2.69. The molecule has 1 fully saturated rings. The molecule has 3 rings (SSSR count). The average molecular weight is 532 g/mol. The van der Waals surface area contributed by atoms with E-state index in [-0.39, 0.29) is 32.0 Å². The lowest BCUT2D eigenvalue weighted by Crippen LogP contribution is -2.57. The van der Waals surface area contributed by atoms with Crippen molar-refractivity contribution >= 4 is 17.8 Å². The van der Waals surface area contributed by atoms with Gasteiger partial charge in [-0.25, -0.2) is 13.6 Å². The number of piperidine rings is 1. The molecule has 2 atom stereocenters. The Morgan fingerprint density at radius 3 is 2.24 bits per heavy atom. The number of nitrogens with one attached hydrogen (secondary N) is 2. The second-order valence-corrected chi connectivity index (χ2v) is 10.2. The molecule has 0 aliphatic carbocycles. The Kier molecular flexibility index (Phi) is 9.56. The summed E-state index contributed by atoms with van der Waals surface area (Å²) in [4.78, 5) is 36.4. The SMILES string of the molecule is CC(=O)N[C@@H](Cc1cc(F)cc(F)c1)[C@H](O)CNC1(c2cccc(C(C)C)c2)CCN(C(=O)C(=O)O)CC1. The van der Waals surface area contributed by atoms with E-state index in [1.807, 2.05) is 18.2 Å². The van der Waals surface area contributed by atoms with Crippen LogP contribution in [0.3, 0.4) is 0 Å². The van der Waals surface area contributed by atoms with Crippen molar-refractivity contribution in [1.82, 2.24) is 15.5 Å². The number of rotatable bonds is 9. The largest absolute Gasteiger partial charge is 0.474 e. The Morgan fingerprint density at radius 2 is 1.68 bits per heavy atom. The molecule has 38 heavy (non-hydrogen) atoms. The molecule has 2 aromatic carbocycles. The monoisotopic (exact) mass is 531 g/mol. The molecule has 4 N–H and O–H groups in total. The summed E-state index contributed by atoms with van der Waals surface area (Å²) in [6.45, 7) is 5.89. The number of halogens is 2. The van der Waals surface area contributed by atoms with E-state index in [0.29, 0.717) is 18.4 Å². The number of aliphatic carboxylic acids is 1. The van der Waals surface area contributed by atoms with E-state index < -0.39 is 47.1 Å². The van der Waals surface area contributed by atoms with Crippen LogP contribution in [-0.4, -0.2) is 64.7 Å². The van der Waals surface area contributed by atoms with Crippen molar-refractivity contribution in [2.75, 3.05) is 19.6 Å². The molecule has 1 aliphatic heterocycles. The van der Waals surface area contributed by atoms with Crippen LogP contribution in [-0.2, 0) is 26.3 Å². The van der Waals surface area contributed by atoms with E-state index in [2.05, 4.69) is 30.5 Å². The van der Waals surface area contributed by atoms with Gasteiger partial charge in [-0.2, -0.15) is 0 Å². The Labute approximate surface area is 221 Å². The maximum absolute atomic E-state index is 13.7. The van der Waals surface area contributed by atoms with Gasteiger partial charge in [-0.3, -0.25) is 9.59 Å². The lowest BCUT2D eigenvalue weighted by atomic mass is 9.79. The van der Waals surface area contributed by atoms with Crippen LogP contribution in [0.25, 0.3) is 0 Å². The van der Waals surface area contributed by atoms with Crippen LogP contribution in [0.15, 0.2) is 42.5 Å². The highest BCUT2D eigenvalue weighted by Gasteiger charge is 2.39. The predicted molar refractivity (Wildman–Crippen MR) is 137 cm³/mol. The topological polar surface area (TPSA) is 119 Å². The quantitative estimate of drug-likeness (QED) is 0.370. The van der Waals surface area contributed by atoms with Crippen LogP contribution >= 0.6 is 0 Å². The van der Waals surface area contributed by atoms with Gasteiger partial charge in [0.05, 0.1) is 12.1 Å². The lowest BCUT2D eigenvalue weighted by molar-refractivity contribution is -0.156. The molecule has 2 aromatic rings. The van der Waals surface area contributed by atoms with Crippen molar-refractivity contribution in [3.05, 3.63) is 70.8 Å². The van der Waals surface area contributed by atoms with Gasteiger partial charge in [-0.05, 0) is 54.0 Å². The number of amides is 2. The Hall–Kier alpha value is -3.37. The number of aliphatic hydroxyl groups is 1. The minimum absolute atomic E-state index is 0.00777. The first-order valence-electron chi connectivity index (χ1n) is 12.7. The van der Waals surface area contributed by atoms with Gasteiger partial charge in [0.15, 0.2) is 0 Å². The summed E-state index contributed by atoms with van der Waals surface area (Å²) < 4.78 is 27.5. The van der Waals surface area contributed by atoms with Gasteiger partial charge in [0, 0.05) is 38.2 Å². The highest BCUT2D eigenvalue weighted by molar-refractivity contribution is 6.31. The molecule has 206 valence electrons. The Balaban J connectivity index is 1.84. The zero-order valence-corrected chi connectivity index (χ0v) is 21.8. The number of carbonyl (C=O) groups is 3. The van der Waals surface area contributed by atoms with Crippen LogP contribution in [0.4, 0.5) is 8.78 Å². The summed E-state index contributed by atoms with van der Waals surface area (Å²) >= 11 is 0. The van der Waals surface area contributed by atoms with Crippen molar-refractivity contribution < 1.29 is 33.4 Å². The lowest BCUT2D eigenvalue weighted by Gasteiger charge is -2.43. The Morgan fingerprint density at radius 1 is 1.05 bits per heavy atom. The second kappa shape index (κ2) is 12.4. The van der Waals surface area contributed by atoms with Crippen molar-refractivity contribution in [1.29, 1.82) is 0 Å². The Bertz CT molecular complexity index is 1140. The summed E-state index contributed by atoms with van der Waals surface area (Å²) in [6.07, 6.45) is -0.303. The number of aliphatic hydroxyl groups excluding tert-OH is 1. The van der Waals surface area contributed by atoms with Gasteiger partial charge < -0.3 is 25.7 Å². The number of hydrogen-bond donors (Lipinski definition) is 4. The number of carboxylic acids is 1. The molecule has 0 radical (unpaired) electrons. The maximum atomic E-state index is 13.7. The molecule has 8 nitrogen and oxygen atoms in total. The molecule has 10 heteroatoms. The van der Waals surface area contributed by atoms with Crippen molar-refractivity contribution in [2.45, 2.75) is 63.6 Å². The summed E-state index contributed by atoms with van der Waals surface area (Å²) in [5.74, 6) is -4.09. The third-order valence-corrected chi connectivity index (χ3v) is 7.07. The van der Waals surface area contributed by atoms with Gasteiger partial charge in [-0.1, -0.05) is 38.1 Å². The van der Waals surface area contributed by atoms with E-state index in [9.17, 15) is 28.3 Å². The first kappa shape index (κ1) is 29.2. The molecule has 2 amide bonds. The fourth-order valence-corrected chi connectivity index (χ4v) is 4.96. The van der Waals surface area contributed by atoms with E-state index in [0.717, 1.165) is 29.3 Å². The second-order valence-electron chi connectivity index (χ2n) is 10.2.